The average Bonchev–Trinajstić information content (AvgIpc) is 3.35. The van der Waals surface area contributed by atoms with Crippen molar-refractivity contribution >= 4 is 44.5 Å². The average molecular weight is 456 g/mol. The number of anilines is 1. The molecule has 1 aliphatic heterocycles. The molecule has 0 atom stereocenters. The van der Waals surface area contributed by atoms with Gasteiger partial charge in [0, 0.05) is 40.7 Å². The number of halogens is 1. The number of nitrogens with one attached hydrogen (secondary N) is 2. The van der Waals surface area contributed by atoms with Crippen molar-refractivity contribution < 1.29 is 14.0 Å². The van der Waals surface area contributed by atoms with Crippen molar-refractivity contribution in [3.05, 3.63) is 63.8 Å². The smallest absolute Gasteiger partial charge is 0.321 e. The predicted octanol–water partition coefficient (Wildman–Crippen LogP) is 5.06. The number of fused-ring (bicyclic) bond motifs is 1. The van der Waals surface area contributed by atoms with Gasteiger partial charge in [-0.05, 0) is 55.7 Å². The van der Waals surface area contributed by atoms with Gasteiger partial charge < -0.3 is 20.0 Å². The Balaban J connectivity index is 1.42. The van der Waals surface area contributed by atoms with Crippen LogP contribution in [-0.2, 0) is 6.54 Å². The lowest BCUT2D eigenvalue weighted by Gasteiger charge is -2.16. The molecule has 150 valence electrons. The molecular weight excluding hydrogens is 434 g/mol. The van der Waals surface area contributed by atoms with Crippen molar-refractivity contribution in [2.24, 2.45) is 0 Å². The van der Waals surface area contributed by atoms with E-state index in [0.717, 1.165) is 52.6 Å². The maximum absolute atomic E-state index is 12.6. The monoisotopic (exact) mass is 455 g/mol. The predicted molar refractivity (Wildman–Crippen MR) is 116 cm³/mol. The van der Waals surface area contributed by atoms with Crippen LogP contribution >= 0.6 is 15.9 Å². The van der Waals surface area contributed by atoms with Gasteiger partial charge in [0.1, 0.15) is 5.58 Å². The van der Waals surface area contributed by atoms with Gasteiger partial charge in [-0.3, -0.25) is 4.79 Å². The number of carbonyl (C=O) groups excluding carboxylic acids is 2. The number of hydrogen-bond donors (Lipinski definition) is 2. The van der Waals surface area contributed by atoms with Gasteiger partial charge in [-0.2, -0.15) is 0 Å². The fourth-order valence-corrected chi connectivity index (χ4v) is 3.92. The first-order chi connectivity index (χ1) is 14.0. The molecule has 0 unspecified atom stereocenters. The third-order valence-corrected chi connectivity index (χ3v) is 5.62. The standard InChI is InChI=1S/C22H22BrN3O3/c1-14-18-12-16(23)7-8-19(18)29-20(14)21(27)24-13-15-5-4-6-17(11-15)25-22(28)26-9-2-3-10-26/h4-8,11-12H,2-3,9-10,13H2,1H3,(H,24,27)(H,25,28). The molecule has 2 N–H and O–H groups in total. The summed E-state index contributed by atoms with van der Waals surface area (Å²) < 4.78 is 6.68. The number of carbonyl (C=O) groups is 2. The SMILES string of the molecule is Cc1c(C(=O)NCc2cccc(NC(=O)N3CCCC3)c2)oc2ccc(Br)cc12. The van der Waals surface area contributed by atoms with Gasteiger partial charge in [0.25, 0.3) is 5.91 Å². The van der Waals surface area contributed by atoms with E-state index in [9.17, 15) is 9.59 Å². The number of likely N-dealkylation sites (tertiary alicyclic amines) is 1. The number of amides is 3. The Hall–Kier alpha value is -2.80. The molecule has 3 aromatic rings. The topological polar surface area (TPSA) is 74.6 Å². The third kappa shape index (κ3) is 4.29. The second-order valence-electron chi connectivity index (χ2n) is 7.20. The fraction of sp³-hybridized carbons (Fsp3) is 0.273. The first-order valence-corrected chi connectivity index (χ1v) is 10.4. The van der Waals surface area contributed by atoms with E-state index in [4.69, 9.17) is 4.42 Å². The molecule has 4 rings (SSSR count). The zero-order valence-corrected chi connectivity index (χ0v) is 17.7. The lowest BCUT2D eigenvalue weighted by atomic mass is 10.1. The lowest BCUT2D eigenvalue weighted by molar-refractivity contribution is 0.0924. The van der Waals surface area contributed by atoms with Crippen molar-refractivity contribution in [3.8, 4) is 0 Å². The molecule has 1 fully saturated rings. The van der Waals surface area contributed by atoms with Crippen LogP contribution in [0.3, 0.4) is 0 Å². The van der Waals surface area contributed by atoms with E-state index in [-0.39, 0.29) is 11.9 Å². The lowest BCUT2D eigenvalue weighted by Crippen LogP contribution is -2.32. The number of aryl methyl sites for hydroxylation is 1. The number of urea groups is 1. The molecule has 0 aliphatic carbocycles. The van der Waals surface area contributed by atoms with Gasteiger partial charge in [-0.15, -0.1) is 0 Å². The summed E-state index contributed by atoms with van der Waals surface area (Å²) in [5, 5.41) is 6.74. The molecule has 1 aromatic heterocycles. The van der Waals surface area contributed by atoms with E-state index in [1.807, 2.05) is 54.3 Å². The van der Waals surface area contributed by atoms with E-state index in [1.165, 1.54) is 0 Å². The van der Waals surface area contributed by atoms with Crippen molar-refractivity contribution in [1.82, 2.24) is 10.2 Å². The highest BCUT2D eigenvalue weighted by atomic mass is 79.9. The van der Waals surface area contributed by atoms with E-state index in [2.05, 4.69) is 26.6 Å². The minimum Gasteiger partial charge on any atom is -0.451 e. The Morgan fingerprint density at radius 1 is 1.14 bits per heavy atom. The van der Waals surface area contributed by atoms with Gasteiger partial charge in [0.05, 0.1) is 0 Å². The summed E-state index contributed by atoms with van der Waals surface area (Å²) in [6.07, 6.45) is 2.11. The summed E-state index contributed by atoms with van der Waals surface area (Å²) in [6, 6.07) is 13.1. The molecule has 2 heterocycles. The van der Waals surface area contributed by atoms with Gasteiger partial charge in [-0.25, -0.2) is 4.79 Å². The number of nitrogens with zero attached hydrogens (tertiary/aromatic N) is 1. The summed E-state index contributed by atoms with van der Waals surface area (Å²) in [6.45, 7) is 3.82. The van der Waals surface area contributed by atoms with Crippen molar-refractivity contribution in [1.29, 1.82) is 0 Å². The number of benzene rings is 2. The minimum absolute atomic E-state index is 0.0762. The Bertz CT molecular complexity index is 1070. The van der Waals surface area contributed by atoms with Gasteiger partial charge in [-0.1, -0.05) is 28.1 Å². The van der Waals surface area contributed by atoms with E-state index in [0.29, 0.717) is 17.9 Å². The summed E-state index contributed by atoms with van der Waals surface area (Å²) in [4.78, 5) is 26.7. The number of hydrogen-bond acceptors (Lipinski definition) is 3. The molecule has 0 saturated carbocycles. The molecule has 0 bridgehead atoms. The minimum atomic E-state index is -0.263. The molecular formula is C22H22BrN3O3. The van der Waals surface area contributed by atoms with Crippen LogP contribution in [0.15, 0.2) is 51.4 Å². The summed E-state index contributed by atoms with van der Waals surface area (Å²) in [5.74, 6) is 0.0536. The third-order valence-electron chi connectivity index (χ3n) is 5.13. The molecule has 7 heteroatoms. The Labute approximate surface area is 177 Å². The normalized spacial score (nSPS) is 13.7. The van der Waals surface area contributed by atoms with Crippen LogP contribution in [0.2, 0.25) is 0 Å². The van der Waals surface area contributed by atoms with Crippen molar-refractivity contribution in [2.75, 3.05) is 18.4 Å². The summed E-state index contributed by atoms with van der Waals surface area (Å²) in [5.41, 5.74) is 3.11. The quantitative estimate of drug-likeness (QED) is 0.576. The van der Waals surface area contributed by atoms with Crippen LogP contribution in [0.1, 0.15) is 34.5 Å². The fourth-order valence-electron chi connectivity index (χ4n) is 3.55. The second kappa shape index (κ2) is 8.29. The summed E-state index contributed by atoms with van der Waals surface area (Å²) in [7, 11) is 0. The Morgan fingerprint density at radius 2 is 1.93 bits per heavy atom. The van der Waals surface area contributed by atoms with E-state index in [1.54, 1.807) is 0 Å². The molecule has 3 amide bonds. The first kappa shape index (κ1) is 19.5. The highest BCUT2D eigenvalue weighted by Gasteiger charge is 2.19. The van der Waals surface area contributed by atoms with Crippen molar-refractivity contribution in [2.45, 2.75) is 26.3 Å². The second-order valence-corrected chi connectivity index (χ2v) is 8.12. The van der Waals surface area contributed by atoms with Crippen LogP contribution in [0.25, 0.3) is 11.0 Å². The first-order valence-electron chi connectivity index (χ1n) is 9.63. The summed E-state index contributed by atoms with van der Waals surface area (Å²) >= 11 is 3.44. The Morgan fingerprint density at radius 3 is 2.72 bits per heavy atom. The van der Waals surface area contributed by atoms with Gasteiger partial charge in [0.2, 0.25) is 0 Å². The molecule has 0 spiro atoms. The largest absolute Gasteiger partial charge is 0.451 e. The molecule has 1 aliphatic rings. The van der Waals surface area contributed by atoms with E-state index >= 15 is 0 Å². The van der Waals surface area contributed by atoms with Crippen LogP contribution in [0.4, 0.5) is 10.5 Å². The maximum atomic E-state index is 12.6. The molecule has 29 heavy (non-hydrogen) atoms. The van der Waals surface area contributed by atoms with Crippen LogP contribution in [0, 0.1) is 6.92 Å². The highest BCUT2D eigenvalue weighted by molar-refractivity contribution is 9.10. The number of furan rings is 1. The Kier molecular flexibility index (Phi) is 5.58. The molecule has 2 aromatic carbocycles. The zero-order chi connectivity index (χ0) is 20.4. The molecule has 6 nitrogen and oxygen atoms in total. The molecule has 1 saturated heterocycles. The van der Waals surface area contributed by atoms with Crippen LogP contribution in [0.5, 0.6) is 0 Å². The van der Waals surface area contributed by atoms with Crippen LogP contribution in [-0.4, -0.2) is 29.9 Å². The maximum Gasteiger partial charge on any atom is 0.321 e. The van der Waals surface area contributed by atoms with Crippen LogP contribution < -0.4 is 10.6 Å². The van der Waals surface area contributed by atoms with E-state index < -0.39 is 0 Å². The van der Waals surface area contributed by atoms with Gasteiger partial charge >= 0.3 is 6.03 Å². The zero-order valence-electron chi connectivity index (χ0n) is 16.1. The number of rotatable bonds is 4. The van der Waals surface area contributed by atoms with Gasteiger partial charge in [0.15, 0.2) is 5.76 Å². The van der Waals surface area contributed by atoms with Crippen molar-refractivity contribution in [3.63, 3.8) is 0 Å². The highest BCUT2D eigenvalue weighted by Crippen LogP contribution is 2.28. The molecule has 0 radical (unpaired) electrons.